The summed E-state index contributed by atoms with van der Waals surface area (Å²) in [5, 5.41) is -0.0164. The smallest absolute Gasteiger partial charge is 0.134 e. The summed E-state index contributed by atoms with van der Waals surface area (Å²) < 4.78 is -0.115. The lowest BCUT2D eigenvalue weighted by Crippen LogP contribution is -2.52. The highest BCUT2D eigenvalue weighted by Crippen LogP contribution is 2.64. The quantitative estimate of drug-likeness (QED) is 0.737. The zero-order valence-corrected chi connectivity index (χ0v) is 12.4. The lowest BCUT2D eigenvalue weighted by molar-refractivity contribution is -0.108. The normalized spacial score (nSPS) is 33.4. The van der Waals surface area contributed by atoms with Crippen molar-refractivity contribution in [1.82, 2.24) is 0 Å². The molecule has 0 spiro atoms. The maximum atomic E-state index is 11.7. The van der Waals surface area contributed by atoms with Gasteiger partial charge in [0.25, 0.3) is 0 Å². The van der Waals surface area contributed by atoms with Crippen molar-refractivity contribution in [2.24, 2.45) is 0 Å². The minimum atomic E-state index is -0.211. The number of benzene rings is 2. The maximum absolute atomic E-state index is 11.7. The predicted octanol–water partition coefficient (Wildman–Crippen LogP) is 3.88. The van der Waals surface area contributed by atoms with E-state index in [4.69, 9.17) is 0 Å². The minimum absolute atomic E-state index is 0.0164. The first-order valence-electron chi connectivity index (χ1n) is 6.95. The molecule has 0 aromatic heterocycles. The molecule has 2 aromatic rings. The van der Waals surface area contributed by atoms with Gasteiger partial charge in [-0.15, -0.1) is 11.8 Å². The van der Waals surface area contributed by atoms with Crippen LogP contribution in [-0.2, 0) is 15.0 Å². The van der Waals surface area contributed by atoms with Gasteiger partial charge < -0.3 is 4.79 Å². The molecule has 2 aromatic carbocycles. The topological polar surface area (TPSA) is 17.1 Å². The van der Waals surface area contributed by atoms with Crippen molar-refractivity contribution >= 4 is 18.0 Å². The second-order valence-corrected chi connectivity index (χ2v) is 7.56. The Bertz CT molecular complexity index is 671. The van der Waals surface area contributed by atoms with Crippen molar-refractivity contribution in [1.29, 1.82) is 0 Å². The van der Waals surface area contributed by atoms with Gasteiger partial charge in [0.05, 0.1) is 10.00 Å². The Hall–Kier alpha value is -1.54. The van der Waals surface area contributed by atoms with Crippen molar-refractivity contribution in [2.45, 2.75) is 29.3 Å². The highest BCUT2D eigenvalue weighted by molar-refractivity contribution is 8.01. The van der Waals surface area contributed by atoms with Crippen LogP contribution in [-0.4, -0.2) is 11.5 Å². The number of carbonyl (C=O) groups is 1. The summed E-state index contributed by atoms with van der Waals surface area (Å²) >= 11 is 1.80. The first-order valence-corrected chi connectivity index (χ1v) is 7.83. The van der Waals surface area contributed by atoms with Crippen LogP contribution >= 0.6 is 11.8 Å². The zero-order valence-electron chi connectivity index (χ0n) is 11.6. The second kappa shape index (κ2) is 3.76. The van der Waals surface area contributed by atoms with Gasteiger partial charge in [-0.2, -0.15) is 0 Å². The zero-order chi connectivity index (χ0) is 14.0. The Morgan fingerprint density at radius 2 is 1.35 bits per heavy atom. The number of hydrogen-bond acceptors (Lipinski definition) is 2. The Labute approximate surface area is 123 Å². The molecule has 3 aliphatic rings. The number of fused-ring (bicyclic) bond motifs is 1. The van der Waals surface area contributed by atoms with E-state index in [0.717, 1.165) is 6.29 Å². The molecule has 0 fully saturated rings. The van der Waals surface area contributed by atoms with E-state index in [1.54, 1.807) is 11.8 Å². The maximum Gasteiger partial charge on any atom is 0.134 e. The third-order valence-electron chi connectivity index (χ3n) is 5.06. The van der Waals surface area contributed by atoms with E-state index in [1.807, 2.05) is 0 Å². The van der Waals surface area contributed by atoms with Crippen LogP contribution in [0.15, 0.2) is 48.5 Å². The minimum Gasteiger partial charge on any atom is -0.302 e. The van der Waals surface area contributed by atoms with Gasteiger partial charge in [0, 0.05) is 5.41 Å². The fraction of sp³-hybridized carbons (Fsp3) is 0.278. The van der Waals surface area contributed by atoms with Crippen molar-refractivity contribution < 1.29 is 4.79 Å². The van der Waals surface area contributed by atoms with Crippen molar-refractivity contribution in [3.63, 3.8) is 0 Å². The Balaban J connectivity index is 2.16. The molecule has 1 unspecified atom stereocenters. The SMILES string of the molecule is CC12SC(C=O)C(C)(c3ccccc31)c1ccccc12. The summed E-state index contributed by atoms with van der Waals surface area (Å²) in [5.74, 6) is 0. The molecule has 2 heteroatoms. The van der Waals surface area contributed by atoms with E-state index in [9.17, 15) is 4.79 Å². The van der Waals surface area contributed by atoms with E-state index in [1.165, 1.54) is 22.3 Å². The van der Waals surface area contributed by atoms with E-state index in [2.05, 4.69) is 62.4 Å². The van der Waals surface area contributed by atoms with Gasteiger partial charge in [0.2, 0.25) is 0 Å². The summed E-state index contributed by atoms with van der Waals surface area (Å²) in [6.45, 7) is 4.47. The van der Waals surface area contributed by atoms with Crippen LogP contribution in [0.1, 0.15) is 36.1 Å². The van der Waals surface area contributed by atoms with Gasteiger partial charge in [-0.25, -0.2) is 0 Å². The molecule has 1 aliphatic carbocycles. The molecule has 0 radical (unpaired) electrons. The first kappa shape index (κ1) is 12.2. The van der Waals surface area contributed by atoms with E-state index in [0.29, 0.717) is 0 Å². The van der Waals surface area contributed by atoms with Crippen LogP contribution in [0.25, 0.3) is 0 Å². The number of thioether (sulfide) groups is 1. The van der Waals surface area contributed by atoms with Crippen LogP contribution < -0.4 is 0 Å². The van der Waals surface area contributed by atoms with E-state index < -0.39 is 0 Å². The van der Waals surface area contributed by atoms with Gasteiger partial charge in [-0.1, -0.05) is 48.5 Å². The number of hydrogen-bond donors (Lipinski definition) is 0. The van der Waals surface area contributed by atoms with Crippen molar-refractivity contribution in [3.8, 4) is 0 Å². The Morgan fingerprint density at radius 1 is 0.900 bits per heavy atom. The van der Waals surface area contributed by atoms with Gasteiger partial charge in [0.15, 0.2) is 0 Å². The van der Waals surface area contributed by atoms with E-state index in [-0.39, 0.29) is 15.4 Å². The molecule has 0 N–H and O–H groups in total. The lowest BCUT2D eigenvalue weighted by Gasteiger charge is -2.55. The largest absolute Gasteiger partial charge is 0.302 e. The fourth-order valence-electron chi connectivity index (χ4n) is 3.96. The van der Waals surface area contributed by atoms with Crippen molar-refractivity contribution in [2.75, 3.05) is 0 Å². The summed E-state index contributed by atoms with van der Waals surface area (Å²) in [6.07, 6.45) is 1.13. The third kappa shape index (κ3) is 1.19. The summed E-state index contributed by atoms with van der Waals surface area (Å²) in [6, 6.07) is 17.2. The number of aldehydes is 1. The molecule has 100 valence electrons. The van der Waals surface area contributed by atoms with Gasteiger partial charge in [-0.3, -0.25) is 0 Å². The molecule has 5 rings (SSSR count). The molecule has 0 saturated carbocycles. The summed E-state index contributed by atoms with van der Waals surface area (Å²) in [4.78, 5) is 11.7. The Kier molecular flexibility index (Phi) is 2.30. The standard InChI is InChI=1S/C18H16OS/c1-17-12-7-3-5-9-14(12)18(2,20-16(17)11-19)15-10-6-4-8-13(15)17/h3-11,16H,1-2H3. The molecule has 0 amide bonds. The average molecular weight is 280 g/mol. The van der Waals surface area contributed by atoms with Crippen LogP contribution in [0.2, 0.25) is 0 Å². The van der Waals surface area contributed by atoms with Crippen LogP contribution in [0, 0.1) is 0 Å². The number of rotatable bonds is 1. The third-order valence-corrected chi connectivity index (χ3v) is 6.80. The summed E-state index contributed by atoms with van der Waals surface area (Å²) in [5.41, 5.74) is 5.15. The first-order chi connectivity index (χ1) is 9.62. The Morgan fingerprint density at radius 3 is 1.80 bits per heavy atom. The summed E-state index contributed by atoms with van der Waals surface area (Å²) in [7, 11) is 0. The van der Waals surface area contributed by atoms with Crippen LogP contribution in [0.3, 0.4) is 0 Å². The monoisotopic (exact) mass is 280 g/mol. The highest BCUT2D eigenvalue weighted by Gasteiger charge is 2.56. The lowest BCUT2D eigenvalue weighted by atomic mass is 9.62. The molecular weight excluding hydrogens is 264 g/mol. The fourth-order valence-corrected chi connectivity index (χ4v) is 5.63. The van der Waals surface area contributed by atoms with Crippen LogP contribution in [0.4, 0.5) is 0 Å². The van der Waals surface area contributed by atoms with Gasteiger partial charge >= 0.3 is 0 Å². The molecule has 20 heavy (non-hydrogen) atoms. The predicted molar refractivity (Wildman–Crippen MR) is 83.2 cm³/mol. The molecule has 2 bridgehead atoms. The van der Waals surface area contributed by atoms with Crippen molar-refractivity contribution in [3.05, 3.63) is 70.8 Å². The van der Waals surface area contributed by atoms with E-state index >= 15 is 0 Å². The molecular formula is C18H16OS. The van der Waals surface area contributed by atoms with Gasteiger partial charge in [-0.05, 0) is 36.1 Å². The molecule has 0 saturated heterocycles. The number of carbonyl (C=O) groups excluding carboxylic acids is 1. The second-order valence-electron chi connectivity index (χ2n) is 6.00. The van der Waals surface area contributed by atoms with Gasteiger partial charge in [0.1, 0.15) is 6.29 Å². The molecule has 2 aliphatic heterocycles. The molecule has 1 nitrogen and oxygen atoms in total. The molecule has 2 heterocycles. The van der Waals surface area contributed by atoms with Crippen LogP contribution in [0.5, 0.6) is 0 Å². The highest BCUT2D eigenvalue weighted by atomic mass is 32.2. The molecule has 1 atom stereocenters. The average Bonchev–Trinajstić information content (AvgIpc) is 2.50.